The van der Waals surface area contributed by atoms with Gasteiger partial charge in [-0.25, -0.2) is 4.39 Å². The van der Waals surface area contributed by atoms with E-state index in [4.69, 9.17) is 9.84 Å². The van der Waals surface area contributed by atoms with Crippen molar-refractivity contribution in [3.05, 3.63) is 30.1 Å². The summed E-state index contributed by atoms with van der Waals surface area (Å²) >= 11 is 0. The van der Waals surface area contributed by atoms with Crippen LogP contribution in [0.5, 0.6) is 5.75 Å². The zero-order valence-corrected chi connectivity index (χ0v) is 11.0. The summed E-state index contributed by atoms with van der Waals surface area (Å²) in [6.45, 7) is 2.64. The molecule has 1 N–H and O–H groups in total. The van der Waals surface area contributed by atoms with Crippen LogP contribution >= 0.6 is 0 Å². The first-order chi connectivity index (χ1) is 8.72. The maximum Gasteiger partial charge on any atom is 0.323 e. The summed E-state index contributed by atoms with van der Waals surface area (Å²) in [4.78, 5) is 23.7. The Kier molecular flexibility index (Phi) is 4.47. The van der Waals surface area contributed by atoms with Gasteiger partial charge in [-0.2, -0.15) is 0 Å². The third-order valence-electron chi connectivity index (χ3n) is 2.42. The molecule has 0 saturated heterocycles. The third kappa shape index (κ3) is 4.24. The number of likely N-dealkylation sites (N-methyl/N-ethyl adjacent to an activating group) is 1. The summed E-state index contributed by atoms with van der Waals surface area (Å²) < 4.78 is 18.2. The molecule has 5 nitrogen and oxygen atoms in total. The average Bonchev–Trinajstić information content (AvgIpc) is 2.30. The van der Waals surface area contributed by atoms with Crippen molar-refractivity contribution in [1.29, 1.82) is 0 Å². The van der Waals surface area contributed by atoms with E-state index in [2.05, 4.69) is 0 Å². The van der Waals surface area contributed by atoms with Crippen molar-refractivity contribution >= 4 is 11.9 Å². The molecule has 0 heterocycles. The molecule has 0 bridgehead atoms. The molecule has 6 heteroatoms. The summed E-state index contributed by atoms with van der Waals surface area (Å²) in [6.07, 6.45) is 0. The van der Waals surface area contributed by atoms with Crippen molar-refractivity contribution in [2.75, 3.05) is 13.6 Å². The monoisotopic (exact) mass is 269 g/mol. The van der Waals surface area contributed by atoms with Gasteiger partial charge in [0, 0.05) is 7.05 Å². The number of nitrogens with zero attached hydrogens (tertiary/aromatic N) is 1. The average molecular weight is 269 g/mol. The van der Waals surface area contributed by atoms with Crippen LogP contribution in [0.4, 0.5) is 4.39 Å². The Balaban J connectivity index is 2.76. The second kappa shape index (κ2) is 5.69. The topological polar surface area (TPSA) is 66.8 Å². The molecule has 0 aliphatic carbocycles. The minimum Gasteiger partial charge on any atom is -0.480 e. The van der Waals surface area contributed by atoms with Crippen LogP contribution in [0.25, 0.3) is 0 Å². The molecule has 104 valence electrons. The molecule has 0 aromatic heterocycles. The van der Waals surface area contributed by atoms with Crippen molar-refractivity contribution in [2.45, 2.75) is 19.4 Å². The number of carboxylic acids is 1. The lowest BCUT2D eigenvalue weighted by atomic mass is 10.1. The highest BCUT2D eigenvalue weighted by atomic mass is 19.1. The van der Waals surface area contributed by atoms with Crippen molar-refractivity contribution in [2.24, 2.45) is 0 Å². The largest absolute Gasteiger partial charge is 0.480 e. The first kappa shape index (κ1) is 14.9. The molecule has 0 spiro atoms. The lowest BCUT2D eigenvalue weighted by Gasteiger charge is -2.29. The molecule has 0 unspecified atom stereocenters. The first-order valence-electron chi connectivity index (χ1n) is 5.64. The number of amides is 1. The van der Waals surface area contributed by atoms with E-state index in [0.717, 1.165) is 4.90 Å². The summed E-state index contributed by atoms with van der Waals surface area (Å²) in [5, 5.41) is 8.64. The van der Waals surface area contributed by atoms with Gasteiger partial charge in [0.05, 0.1) is 0 Å². The van der Waals surface area contributed by atoms with Crippen LogP contribution in [0.15, 0.2) is 24.3 Å². The molecular weight excluding hydrogens is 253 g/mol. The van der Waals surface area contributed by atoms with Crippen LogP contribution in [0.3, 0.4) is 0 Å². The summed E-state index contributed by atoms with van der Waals surface area (Å²) in [5.41, 5.74) is -1.23. The van der Waals surface area contributed by atoms with Crippen molar-refractivity contribution < 1.29 is 23.8 Å². The Morgan fingerprint density at radius 2 is 1.84 bits per heavy atom. The maximum atomic E-state index is 12.8. The van der Waals surface area contributed by atoms with E-state index in [1.54, 1.807) is 0 Å². The first-order valence-corrected chi connectivity index (χ1v) is 5.64. The van der Waals surface area contributed by atoms with Crippen LogP contribution in [-0.4, -0.2) is 41.1 Å². The Morgan fingerprint density at radius 3 is 2.32 bits per heavy atom. The number of hydrogen-bond acceptors (Lipinski definition) is 3. The van der Waals surface area contributed by atoms with E-state index in [-0.39, 0.29) is 0 Å². The summed E-state index contributed by atoms with van der Waals surface area (Å²) in [5.74, 6) is -1.64. The number of benzene rings is 1. The predicted octanol–water partition coefficient (Wildman–Crippen LogP) is 1.53. The molecule has 0 fully saturated rings. The molecule has 1 rings (SSSR count). The number of carbonyl (C=O) groups is 2. The number of ether oxygens (including phenoxy) is 1. The van der Waals surface area contributed by atoms with Gasteiger partial charge in [0.2, 0.25) is 0 Å². The van der Waals surface area contributed by atoms with Gasteiger partial charge in [0.1, 0.15) is 18.1 Å². The van der Waals surface area contributed by atoms with E-state index in [9.17, 15) is 14.0 Å². The van der Waals surface area contributed by atoms with Gasteiger partial charge in [-0.3, -0.25) is 9.59 Å². The molecule has 1 aromatic carbocycles. The van der Waals surface area contributed by atoms with Crippen molar-refractivity contribution in [3.63, 3.8) is 0 Å². The zero-order valence-electron chi connectivity index (χ0n) is 11.0. The second-order valence-electron chi connectivity index (χ2n) is 4.62. The molecule has 0 atom stereocenters. The van der Waals surface area contributed by atoms with Crippen LogP contribution in [0.1, 0.15) is 13.8 Å². The normalized spacial score (nSPS) is 10.9. The van der Waals surface area contributed by atoms with Gasteiger partial charge in [0.15, 0.2) is 5.60 Å². The minimum absolute atomic E-state index is 0.337. The van der Waals surface area contributed by atoms with Crippen LogP contribution < -0.4 is 4.74 Å². The predicted molar refractivity (Wildman–Crippen MR) is 66.4 cm³/mol. The number of aliphatic carboxylic acids is 1. The molecule has 0 aliphatic heterocycles. The van der Waals surface area contributed by atoms with Crippen molar-refractivity contribution in [1.82, 2.24) is 4.90 Å². The Bertz CT molecular complexity index is 470. The van der Waals surface area contributed by atoms with Crippen LogP contribution in [-0.2, 0) is 9.59 Å². The number of carbonyl (C=O) groups excluding carboxylic acids is 1. The highest BCUT2D eigenvalue weighted by molar-refractivity contribution is 5.87. The second-order valence-corrected chi connectivity index (χ2v) is 4.62. The Morgan fingerprint density at radius 1 is 1.32 bits per heavy atom. The Hall–Kier alpha value is -2.11. The molecule has 0 radical (unpaired) electrons. The standard InChI is InChI=1S/C13H16FNO4/c1-13(2,12(18)15(3)8-11(16)17)19-10-6-4-9(14)5-7-10/h4-7H,8H2,1-3H3,(H,16,17). The third-order valence-corrected chi connectivity index (χ3v) is 2.42. The molecule has 1 aromatic rings. The molecule has 0 saturated carbocycles. The SMILES string of the molecule is CN(CC(=O)O)C(=O)C(C)(C)Oc1ccc(F)cc1. The number of halogens is 1. The van der Waals surface area contributed by atoms with E-state index < -0.39 is 29.8 Å². The fourth-order valence-corrected chi connectivity index (χ4v) is 1.58. The zero-order chi connectivity index (χ0) is 14.6. The summed E-state index contributed by atoms with van der Waals surface area (Å²) in [7, 11) is 1.38. The number of hydrogen-bond donors (Lipinski definition) is 1. The molecule has 1 amide bonds. The van der Waals surface area contributed by atoms with Gasteiger partial charge >= 0.3 is 5.97 Å². The summed E-state index contributed by atoms with van der Waals surface area (Å²) in [6, 6.07) is 5.25. The molecular formula is C13H16FNO4. The maximum absolute atomic E-state index is 12.8. The molecule has 19 heavy (non-hydrogen) atoms. The van der Waals surface area contributed by atoms with Crippen LogP contribution in [0, 0.1) is 5.82 Å². The lowest BCUT2D eigenvalue weighted by molar-refractivity contribution is -0.150. The van der Waals surface area contributed by atoms with E-state index in [1.807, 2.05) is 0 Å². The quantitative estimate of drug-likeness (QED) is 0.880. The molecule has 0 aliphatic rings. The van der Waals surface area contributed by atoms with Crippen LogP contribution in [0.2, 0.25) is 0 Å². The van der Waals surface area contributed by atoms with Gasteiger partial charge in [0.25, 0.3) is 5.91 Å². The Labute approximate surface area is 110 Å². The lowest BCUT2D eigenvalue weighted by Crippen LogP contribution is -2.48. The van der Waals surface area contributed by atoms with Crippen molar-refractivity contribution in [3.8, 4) is 5.75 Å². The fourth-order valence-electron chi connectivity index (χ4n) is 1.58. The van der Waals surface area contributed by atoms with E-state index in [0.29, 0.717) is 5.75 Å². The number of rotatable bonds is 5. The van der Waals surface area contributed by atoms with Gasteiger partial charge < -0.3 is 14.7 Å². The smallest absolute Gasteiger partial charge is 0.323 e. The van der Waals surface area contributed by atoms with Gasteiger partial charge in [-0.05, 0) is 38.1 Å². The highest BCUT2D eigenvalue weighted by Crippen LogP contribution is 2.20. The van der Waals surface area contributed by atoms with E-state index >= 15 is 0 Å². The minimum atomic E-state index is -1.23. The van der Waals surface area contributed by atoms with Gasteiger partial charge in [-0.1, -0.05) is 0 Å². The van der Waals surface area contributed by atoms with Gasteiger partial charge in [-0.15, -0.1) is 0 Å². The fraction of sp³-hybridized carbons (Fsp3) is 0.385. The van der Waals surface area contributed by atoms with E-state index in [1.165, 1.54) is 45.2 Å². The highest BCUT2D eigenvalue weighted by Gasteiger charge is 2.33. The number of carboxylic acid groups (broad SMARTS) is 1.